The summed E-state index contributed by atoms with van der Waals surface area (Å²) in [7, 11) is 0. The van der Waals surface area contributed by atoms with Crippen LogP contribution in [0.15, 0.2) is 84.9 Å². The third kappa shape index (κ3) is 6.44. The molecule has 1 aliphatic rings. The van der Waals surface area contributed by atoms with Crippen molar-refractivity contribution < 1.29 is 9.59 Å². The fourth-order valence-electron chi connectivity index (χ4n) is 4.16. The molecule has 0 aliphatic carbocycles. The van der Waals surface area contributed by atoms with Gasteiger partial charge < -0.3 is 10.6 Å². The predicted molar refractivity (Wildman–Crippen MR) is 131 cm³/mol. The van der Waals surface area contributed by atoms with Crippen LogP contribution in [0.5, 0.6) is 0 Å². The Hall–Kier alpha value is -3.15. The largest absolute Gasteiger partial charge is 0.349 e. The van der Waals surface area contributed by atoms with E-state index in [1.54, 1.807) is 0 Å². The lowest BCUT2D eigenvalue weighted by Gasteiger charge is -2.32. The van der Waals surface area contributed by atoms with E-state index in [0.29, 0.717) is 17.1 Å². The number of rotatable bonds is 7. The summed E-state index contributed by atoms with van der Waals surface area (Å²) >= 11 is 6.05. The molecule has 2 N–H and O–H groups in total. The van der Waals surface area contributed by atoms with Gasteiger partial charge in [-0.1, -0.05) is 72.3 Å². The number of piperidine rings is 1. The molecule has 170 valence electrons. The first kappa shape index (κ1) is 23.0. The topological polar surface area (TPSA) is 61.4 Å². The van der Waals surface area contributed by atoms with Crippen LogP contribution in [0.3, 0.4) is 0 Å². The SMILES string of the molecule is O=C(CN1CCC(NC(=O)c2ccccc2)CC1)NC(c1ccccc1)c1ccc(Cl)cc1. The molecule has 4 rings (SSSR count). The number of carbonyl (C=O) groups is 2. The molecule has 3 aromatic rings. The van der Waals surface area contributed by atoms with Gasteiger partial charge >= 0.3 is 0 Å². The van der Waals surface area contributed by atoms with E-state index >= 15 is 0 Å². The third-order valence-corrected chi connectivity index (χ3v) is 6.22. The minimum absolute atomic E-state index is 0.0226. The number of hydrogen-bond donors (Lipinski definition) is 2. The van der Waals surface area contributed by atoms with E-state index in [0.717, 1.165) is 37.1 Å². The third-order valence-electron chi connectivity index (χ3n) is 5.97. The minimum atomic E-state index is -0.237. The lowest BCUT2D eigenvalue weighted by molar-refractivity contribution is -0.123. The minimum Gasteiger partial charge on any atom is -0.349 e. The van der Waals surface area contributed by atoms with Gasteiger partial charge in [-0.15, -0.1) is 0 Å². The Balaban J connectivity index is 1.31. The number of likely N-dealkylation sites (tertiary alicyclic amines) is 1. The molecule has 0 saturated carbocycles. The van der Waals surface area contributed by atoms with E-state index in [1.807, 2.05) is 84.9 Å². The molecular weight excluding hydrogens is 434 g/mol. The number of amides is 2. The van der Waals surface area contributed by atoms with E-state index < -0.39 is 0 Å². The van der Waals surface area contributed by atoms with Crippen molar-refractivity contribution in [2.45, 2.75) is 24.9 Å². The average Bonchev–Trinajstić information content (AvgIpc) is 2.85. The van der Waals surface area contributed by atoms with Crippen LogP contribution in [0.2, 0.25) is 5.02 Å². The maximum Gasteiger partial charge on any atom is 0.251 e. The number of hydrogen-bond acceptors (Lipinski definition) is 3. The van der Waals surface area contributed by atoms with Gasteiger partial charge in [0.15, 0.2) is 0 Å². The molecular formula is C27H28ClN3O2. The van der Waals surface area contributed by atoms with Crippen LogP contribution in [0.25, 0.3) is 0 Å². The van der Waals surface area contributed by atoms with Crippen LogP contribution in [0.1, 0.15) is 40.4 Å². The van der Waals surface area contributed by atoms with E-state index in [9.17, 15) is 9.59 Å². The predicted octanol–water partition coefficient (Wildman–Crippen LogP) is 4.44. The van der Waals surface area contributed by atoms with E-state index in [2.05, 4.69) is 15.5 Å². The normalized spacial score (nSPS) is 15.5. The van der Waals surface area contributed by atoms with Gasteiger partial charge in [-0.05, 0) is 48.2 Å². The molecule has 1 fully saturated rings. The summed E-state index contributed by atoms with van der Waals surface area (Å²) in [6.45, 7) is 1.87. The van der Waals surface area contributed by atoms with Crippen molar-refractivity contribution in [1.29, 1.82) is 0 Å². The summed E-state index contributed by atoms with van der Waals surface area (Å²) in [5.74, 6) is -0.0639. The monoisotopic (exact) mass is 461 g/mol. The van der Waals surface area contributed by atoms with Crippen LogP contribution in [-0.4, -0.2) is 42.4 Å². The van der Waals surface area contributed by atoms with Crippen molar-refractivity contribution in [3.05, 3.63) is 107 Å². The molecule has 5 nitrogen and oxygen atoms in total. The summed E-state index contributed by atoms with van der Waals surface area (Å²) in [5.41, 5.74) is 2.69. The molecule has 6 heteroatoms. The molecule has 33 heavy (non-hydrogen) atoms. The summed E-state index contributed by atoms with van der Waals surface area (Å²) in [6.07, 6.45) is 1.65. The first-order valence-electron chi connectivity index (χ1n) is 11.3. The molecule has 0 spiro atoms. The zero-order valence-corrected chi connectivity index (χ0v) is 19.2. The molecule has 1 saturated heterocycles. The first-order chi connectivity index (χ1) is 16.1. The van der Waals surface area contributed by atoms with E-state index in [4.69, 9.17) is 11.6 Å². The van der Waals surface area contributed by atoms with Crippen LogP contribution in [-0.2, 0) is 4.79 Å². The maximum absolute atomic E-state index is 12.9. The Bertz CT molecular complexity index is 1050. The standard InChI is InChI=1S/C27H28ClN3O2/c28-23-13-11-21(12-14-23)26(20-7-3-1-4-8-20)30-25(32)19-31-17-15-24(16-18-31)29-27(33)22-9-5-2-6-10-22/h1-14,24,26H,15-19H2,(H,29,33)(H,30,32). The van der Waals surface area contributed by atoms with Gasteiger partial charge in [0.25, 0.3) is 5.91 Å². The highest BCUT2D eigenvalue weighted by Crippen LogP contribution is 2.23. The van der Waals surface area contributed by atoms with Crippen molar-refractivity contribution >= 4 is 23.4 Å². The fourth-order valence-corrected chi connectivity index (χ4v) is 4.29. The quantitative estimate of drug-likeness (QED) is 0.546. The lowest BCUT2D eigenvalue weighted by Crippen LogP contribution is -2.47. The molecule has 0 bridgehead atoms. The second-order valence-electron chi connectivity index (χ2n) is 8.35. The summed E-state index contributed by atoms with van der Waals surface area (Å²) in [5, 5.41) is 6.97. The number of halogens is 1. The average molecular weight is 462 g/mol. The molecule has 3 aromatic carbocycles. The van der Waals surface area contributed by atoms with Crippen molar-refractivity contribution in [3.8, 4) is 0 Å². The van der Waals surface area contributed by atoms with Gasteiger partial charge in [0.2, 0.25) is 5.91 Å². The van der Waals surface area contributed by atoms with Crippen molar-refractivity contribution in [3.63, 3.8) is 0 Å². The van der Waals surface area contributed by atoms with Gasteiger partial charge in [-0.25, -0.2) is 0 Å². The van der Waals surface area contributed by atoms with Crippen molar-refractivity contribution in [2.24, 2.45) is 0 Å². The number of benzene rings is 3. The van der Waals surface area contributed by atoms with Gasteiger partial charge in [0, 0.05) is 29.7 Å². The highest BCUT2D eigenvalue weighted by atomic mass is 35.5. The number of nitrogens with one attached hydrogen (secondary N) is 2. The fraction of sp³-hybridized carbons (Fsp3) is 0.259. The zero-order chi connectivity index (χ0) is 23.0. The second kappa shape index (κ2) is 11.1. The lowest BCUT2D eigenvalue weighted by atomic mass is 9.98. The van der Waals surface area contributed by atoms with Gasteiger partial charge in [0.1, 0.15) is 0 Å². The van der Waals surface area contributed by atoms with Crippen molar-refractivity contribution in [2.75, 3.05) is 19.6 Å². The highest BCUT2D eigenvalue weighted by Gasteiger charge is 2.24. The molecule has 1 unspecified atom stereocenters. The van der Waals surface area contributed by atoms with Gasteiger partial charge in [-0.3, -0.25) is 14.5 Å². The van der Waals surface area contributed by atoms with Gasteiger partial charge in [-0.2, -0.15) is 0 Å². The van der Waals surface area contributed by atoms with Crippen LogP contribution < -0.4 is 10.6 Å². The Morgan fingerprint density at radius 2 is 1.42 bits per heavy atom. The van der Waals surface area contributed by atoms with Crippen LogP contribution in [0, 0.1) is 0 Å². The summed E-state index contributed by atoms with van der Waals surface area (Å²) < 4.78 is 0. The zero-order valence-electron chi connectivity index (χ0n) is 18.4. The number of carbonyl (C=O) groups excluding carboxylic acids is 2. The smallest absolute Gasteiger partial charge is 0.251 e. The Kier molecular flexibility index (Phi) is 7.76. The molecule has 1 aliphatic heterocycles. The maximum atomic E-state index is 12.9. The molecule has 1 atom stereocenters. The molecule has 0 aromatic heterocycles. The van der Waals surface area contributed by atoms with E-state index in [1.165, 1.54) is 0 Å². The Labute approximate surface area is 199 Å². The van der Waals surface area contributed by atoms with E-state index in [-0.39, 0.29) is 23.9 Å². The highest BCUT2D eigenvalue weighted by molar-refractivity contribution is 6.30. The number of nitrogens with zero attached hydrogens (tertiary/aromatic N) is 1. The van der Waals surface area contributed by atoms with Crippen LogP contribution >= 0.6 is 11.6 Å². The molecule has 0 radical (unpaired) electrons. The Morgan fingerprint density at radius 3 is 2.06 bits per heavy atom. The summed E-state index contributed by atoms with van der Waals surface area (Å²) in [6, 6.07) is 26.7. The Morgan fingerprint density at radius 1 is 0.848 bits per heavy atom. The van der Waals surface area contributed by atoms with Gasteiger partial charge in [0.05, 0.1) is 12.6 Å². The van der Waals surface area contributed by atoms with Crippen LogP contribution in [0.4, 0.5) is 0 Å². The molecule has 1 heterocycles. The summed E-state index contributed by atoms with van der Waals surface area (Å²) in [4.78, 5) is 27.5. The molecule has 2 amide bonds. The van der Waals surface area contributed by atoms with Crippen molar-refractivity contribution in [1.82, 2.24) is 15.5 Å². The first-order valence-corrected chi connectivity index (χ1v) is 11.6. The second-order valence-corrected chi connectivity index (χ2v) is 8.79.